The minimum atomic E-state index is -0.725. The number of hydrogen-bond donors (Lipinski definition) is 4. The summed E-state index contributed by atoms with van der Waals surface area (Å²) >= 11 is 0. The average Bonchev–Trinajstić information content (AvgIpc) is 2.69. The van der Waals surface area contributed by atoms with E-state index in [1.807, 2.05) is 6.07 Å². The van der Waals surface area contributed by atoms with Gasteiger partial charge in [0.1, 0.15) is 0 Å². The Bertz CT molecular complexity index is 665. The van der Waals surface area contributed by atoms with Crippen molar-refractivity contribution in [2.24, 2.45) is 0 Å². The molecular formula is C22H31FN2O2. The van der Waals surface area contributed by atoms with Crippen LogP contribution in [0.15, 0.2) is 42.5 Å². The predicted octanol–water partition coefficient (Wildman–Crippen LogP) is 3.76. The monoisotopic (exact) mass is 374 g/mol. The third kappa shape index (κ3) is 7.97. The lowest BCUT2D eigenvalue weighted by atomic mass is 10.1. The number of phenolic OH excluding ortho intramolecular Hbond substituents is 2. The summed E-state index contributed by atoms with van der Waals surface area (Å²) < 4.78 is 13.7. The summed E-state index contributed by atoms with van der Waals surface area (Å²) in [5.74, 6) is -1.81. The number of nitrogens with one attached hydrogen (secondary N) is 2. The summed E-state index contributed by atoms with van der Waals surface area (Å²) in [7, 11) is 0. The normalized spacial score (nSPS) is 11.0. The summed E-state index contributed by atoms with van der Waals surface area (Å²) in [6.45, 7) is 3.65. The molecule has 2 rings (SSSR count). The van der Waals surface area contributed by atoms with Crippen LogP contribution in [0, 0.1) is 5.82 Å². The van der Waals surface area contributed by atoms with Gasteiger partial charge in [-0.1, -0.05) is 49.2 Å². The van der Waals surface area contributed by atoms with E-state index in [-0.39, 0.29) is 0 Å². The molecule has 148 valence electrons. The lowest BCUT2D eigenvalue weighted by molar-refractivity contribution is 0.376. The molecule has 0 aliphatic carbocycles. The summed E-state index contributed by atoms with van der Waals surface area (Å²) in [6.07, 6.45) is 6.25. The van der Waals surface area contributed by atoms with Crippen LogP contribution in [0.3, 0.4) is 0 Å². The highest BCUT2D eigenvalue weighted by atomic mass is 19.1. The molecule has 27 heavy (non-hydrogen) atoms. The largest absolute Gasteiger partial charge is 0.504 e. The molecule has 0 saturated heterocycles. The molecule has 0 aliphatic rings. The zero-order chi connectivity index (χ0) is 19.3. The van der Waals surface area contributed by atoms with Gasteiger partial charge in [0.25, 0.3) is 0 Å². The molecule has 0 aromatic heterocycles. The number of rotatable bonds is 13. The van der Waals surface area contributed by atoms with E-state index in [1.54, 1.807) is 0 Å². The first-order valence-corrected chi connectivity index (χ1v) is 9.83. The van der Waals surface area contributed by atoms with Crippen LogP contribution in [-0.4, -0.2) is 36.4 Å². The zero-order valence-corrected chi connectivity index (χ0v) is 15.9. The molecule has 0 radical (unpaired) electrons. The smallest absolute Gasteiger partial charge is 0.194 e. The van der Waals surface area contributed by atoms with E-state index in [9.17, 15) is 14.6 Å². The fraction of sp³-hybridized carbons (Fsp3) is 0.455. The molecule has 0 atom stereocenters. The van der Waals surface area contributed by atoms with Crippen LogP contribution >= 0.6 is 0 Å². The number of benzene rings is 2. The van der Waals surface area contributed by atoms with E-state index in [0.717, 1.165) is 32.5 Å². The van der Waals surface area contributed by atoms with Crippen molar-refractivity contribution in [3.63, 3.8) is 0 Å². The third-order valence-corrected chi connectivity index (χ3v) is 4.64. The van der Waals surface area contributed by atoms with Crippen molar-refractivity contribution in [1.29, 1.82) is 0 Å². The Morgan fingerprint density at radius 2 is 1.33 bits per heavy atom. The Hall–Kier alpha value is -2.11. The second-order valence-electron chi connectivity index (χ2n) is 6.81. The topological polar surface area (TPSA) is 64.5 Å². The maximum absolute atomic E-state index is 13.7. The molecule has 2 aromatic carbocycles. The number of unbranched alkanes of at least 4 members (excludes halogenated alkanes) is 3. The number of aromatic hydroxyl groups is 2. The van der Waals surface area contributed by atoms with E-state index < -0.39 is 17.3 Å². The quantitative estimate of drug-likeness (QED) is 0.318. The third-order valence-electron chi connectivity index (χ3n) is 4.64. The second-order valence-corrected chi connectivity index (χ2v) is 6.81. The molecule has 0 spiro atoms. The maximum Gasteiger partial charge on any atom is 0.194 e. The van der Waals surface area contributed by atoms with Crippen LogP contribution in [0.2, 0.25) is 0 Å². The molecule has 0 aliphatic heterocycles. The van der Waals surface area contributed by atoms with Crippen LogP contribution in [0.25, 0.3) is 0 Å². The van der Waals surface area contributed by atoms with Crippen LogP contribution in [0.1, 0.15) is 36.8 Å². The van der Waals surface area contributed by atoms with Gasteiger partial charge in [0.05, 0.1) is 0 Å². The van der Waals surface area contributed by atoms with Crippen molar-refractivity contribution in [2.75, 3.05) is 26.2 Å². The number of halogens is 1. The van der Waals surface area contributed by atoms with E-state index >= 15 is 0 Å². The van der Waals surface area contributed by atoms with Crippen molar-refractivity contribution in [3.8, 4) is 11.5 Å². The Balaban J connectivity index is 1.40. The zero-order valence-electron chi connectivity index (χ0n) is 15.9. The molecule has 4 nitrogen and oxygen atoms in total. The number of hydrogen-bond acceptors (Lipinski definition) is 4. The minimum absolute atomic E-state index is 0.416. The van der Waals surface area contributed by atoms with Crippen molar-refractivity contribution in [1.82, 2.24) is 10.6 Å². The van der Waals surface area contributed by atoms with Crippen molar-refractivity contribution < 1.29 is 14.6 Å². The van der Waals surface area contributed by atoms with Gasteiger partial charge in [-0.25, -0.2) is 4.39 Å². The fourth-order valence-electron chi connectivity index (χ4n) is 2.99. The van der Waals surface area contributed by atoms with Crippen LogP contribution in [-0.2, 0) is 12.8 Å². The SMILES string of the molecule is Oc1ccc(CCNCCCCCCNCCc2ccccc2)c(F)c1O. The molecule has 0 unspecified atom stereocenters. The molecule has 5 heteroatoms. The van der Waals surface area contributed by atoms with E-state index in [4.69, 9.17) is 0 Å². The lowest BCUT2D eigenvalue weighted by Gasteiger charge is -2.08. The van der Waals surface area contributed by atoms with Crippen molar-refractivity contribution in [3.05, 3.63) is 59.4 Å². The van der Waals surface area contributed by atoms with Crippen LogP contribution in [0.5, 0.6) is 11.5 Å². The van der Waals surface area contributed by atoms with E-state index in [0.29, 0.717) is 18.5 Å². The molecule has 0 heterocycles. The molecule has 0 bridgehead atoms. The van der Waals surface area contributed by atoms with Gasteiger partial charge in [-0.2, -0.15) is 0 Å². The number of phenols is 2. The van der Waals surface area contributed by atoms with Crippen LogP contribution < -0.4 is 10.6 Å². The fourth-order valence-corrected chi connectivity index (χ4v) is 2.99. The molecule has 0 saturated carbocycles. The summed E-state index contributed by atoms with van der Waals surface area (Å²) in [5, 5.41) is 25.4. The molecular weight excluding hydrogens is 343 g/mol. The highest BCUT2D eigenvalue weighted by Crippen LogP contribution is 2.29. The highest BCUT2D eigenvalue weighted by molar-refractivity contribution is 5.42. The lowest BCUT2D eigenvalue weighted by Crippen LogP contribution is -2.19. The van der Waals surface area contributed by atoms with Gasteiger partial charge >= 0.3 is 0 Å². The molecule has 0 amide bonds. The Morgan fingerprint density at radius 3 is 2.00 bits per heavy atom. The van der Waals surface area contributed by atoms with Gasteiger partial charge < -0.3 is 20.8 Å². The van der Waals surface area contributed by atoms with Crippen LogP contribution in [0.4, 0.5) is 4.39 Å². The summed E-state index contributed by atoms with van der Waals surface area (Å²) in [6, 6.07) is 13.4. The van der Waals surface area contributed by atoms with Crippen molar-refractivity contribution >= 4 is 0 Å². The average molecular weight is 374 g/mol. The first-order valence-electron chi connectivity index (χ1n) is 9.83. The van der Waals surface area contributed by atoms with Gasteiger partial charge in [-0.05, 0) is 69.1 Å². The second kappa shape index (κ2) is 12.3. The Labute approximate surface area is 161 Å². The van der Waals surface area contributed by atoms with Gasteiger partial charge in [0.2, 0.25) is 0 Å². The maximum atomic E-state index is 13.7. The van der Waals surface area contributed by atoms with Gasteiger partial charge in [-0.15, -0.1) is 0 Å². The van der Waals surface area contributed by atoms with E-state index in [2.05, 4.69) is 34.9 Å². The predicted molar refractivity (Wildman–Crippen MR) is 108 cm³/mol. The van der Waals surface area contributed by atoms with Gasteiger partial charge in [0, 0.05) is 0 Å². The highest BCUT2D eigenvalue weighted by Gasteiger charge is 2.11. The minimum Gasteiger partial charge on any atom is -0.504 e. The Morgan fingerprint density at radius 1 is 0.704 bits per heavy atom. The van der Waals surface area contributed by atoms with Crippen molar-refractivity contribution in [2.45, 2.75) is 38.5 Å². The summed E-state index contributed by atoms with van der Waals surface area (Å²) in [4.78, 5) is 0. The standard InChI is InChI=1S/C22H31FN2O2/c23-21-19(10-11-20(26)22(21)27)13-17-25-15-7-2-1-6-14-24-16-12-18-8-4-3-5-9-18/h3-5,8-11,24-27H,1-2,6-7,12-17H2. The van der Waals surface area contributed by atoms with E-state index in [1.165, 1.54) is 37.0 Å². The Kier molecular flexibility index (Phi) is 9.66. The molecule has 2 aromatic rings. The first-order chi connectivity index (χ1) is 13.2. The van der Waals surface area contributed by atoms with Gasteiger partial charge in [-0.3, -0.25) is 0 Å². The molecule has 4 N–H and O–H groups in total. The van der Waals surface area contributed by atoms with Gasteiger partial charge in [0.15, 0.2) is 17.3 Å². The molecule has 0 fully saturated rings. The summed E-state index contributed by atoms with van der Waals surface area (Å²) in [5.41, 5.74) is 1.79. The first kappa shape index (κ1) is 21.2.